The summed E-state index contributed by atoms with van der Waals surface area (Å²) in [6.07, 6.45) is 3.06. The molecule has 2 N–H and O–H groups in total. The topological polar surface area (TPSA) is 88.6 Å². The van der Waals surface area contributed by atoms with Crippen molar-refractivity contribution >= 4 is 40.2 Å². The van der Waals surface area contributed by atoms with Gasteiger partial charge in [-0.3, -0.25) is 5.10 Å². The van der Waals surface area contributed by atoms with Gasteiger partial charge >= 0.3 is 0 Å². The summed E-state index contributed by atoms with van der Waals surface area (Å²) in [6.45, 7) is 0. The van der Waals surface area contributed by atoms with Crippen LogP contribution in [-0.4, -0.2) is 32.2 Å². The van der Waals surface area contributed by atoms with Crippen molar-refractivity contribution in [3.05, 3.63) is 28.6 Å². The van der Waals surface area contributed by atoms with Crippen LogP contribution in [0.5, 0.6) is 11.6 Å². The van der Waals surface area contributed by atoms with Crippen LogP contribution in [0.2, 0.25) is 10.2 Å². The van der Waals surface area contributed by atoms with Gasteiger partial charge in [0.05, 0.1) is 6.20 Å². The fraction of sp³-hybridized carbons (Fsp3) is 0.0909. The third-order valence-electron chi connectivity index (χ3n) is 2.51. The number of aromatic nitrogens is 5. The molecule has 0 amide bonds. The molecule has 0 saturated heterocycles. The third kappa shape index (κ3) is 2.21. The van der Waals surface area contributed by atoms with Crippen molar-refractivity contribution in [3.63, 3.8) is 0 Å². The van der Waals surface area contributed by atoms with Crippen LogP contribution in [0.4, 0.5) is 5.82 Å². The minimum Gasteiger partial charge on any atom is -0.434 e. The van der Waals surface area contributed by atoms with Gasteiger partial charge in [-0.2, -0.15) is 0 Å². The average molecular weight is 311 g/mol. The normalized spacial score (nSPS) is 10.8. The van der Waals surface area contributed by atoms with Crippen LogP contribution >= 0.6 is 23.2 Å². The second-order valence-corrected chi connectivity index (χ2v) is 4.48. The van der Waals surface area contributed by atoms with Crippen molar-refractivity contribution in [2.75, 3.05) is 12.4 Å². The van der Waals surface area contributed by atoms with Gasteiger partial charge in [0.1, 0.15) is 10.8 Å². The highest BCUT2D eigenvalue weighted by molar-refractivity contribution is 6.42. The fourth-order valence-electron chi connectivity index (χ4n) is 1.56. The van der Waals surface area contributed by atoms with Crippen molar-refractivity contribution in [2.45, 2.75) is 0 Å². The van der Waals surface area contributed by atoms with Gasteiger partial charge in [0.2, 0.25) is 0 Å². The minimum absolute atomic E-state index is 0.160. The number of H-pyrrole nitrogens is 1. The molecule has 3 rings (SSSR count). The molecule has 0 fully saturated rings. The zero-order valence-electron chi connectivity index (χ0n) is 10.2. The summed E-state index contributed by atoms with van der Waals surface area (Å²) in [5.41, 5.74) is 0.996. The van der Waals surface area contributed by atoms with Gasteiger partial charge < -0.3 is 10.1 Å². The molecular formula is C11H8Cl2N6O. The first-order valence-corrected chi connectivity index (χ1v) is 6.31. The molecule has 0 bridgehead atoms. The number of fused-ring (bicyclic) bond motifs is 1. The number of pyridine rings is 1. The Bertz CT molecular complexity index is 775. The van der Waals surface area contributed by atoms with Gasteiger partial charge in [-0.05, 0) is 0 Å². The summed E-state index contributed by atoms with van der Waals surface area (Å²) in [5, 5.41) is 10.0. The van der Waals surface area contributed by atoms with Gasteiger partial charge in [0, 0.05) is 19.3 Å². The van der Waals surface area contributed by atoms with Crippen molar-refractivity contribution in [3.8, 4) is 11.6 Å². The first kappa shape index (κ1) is 12.9. The lowest BCUT2D eigenvalue weighted by atomic mass is 10.4. The number of nitrogens with zero attached hydrogens (tertiary/aromatic N) is 4. The highest BCUT2D eigenvalue weighted by Crippen LogP contribution is 2.34. The van der Waals surface area contributed by atoms with Gasteiger partial charge in [0.15, 0.2) is 22.1 Å². The van der Waals surface area contributed by atoms with E-state index in [-0.39, 0.29) is 16.1 Å². The molecule has 0 aliphatic carbocycles. The molecule has 7 nitrogen and oxygen atoms in total. The van der Waals surface area contributed by atoms with Crippen LogP contribution in [0.25, 0.3) is 11.2 Å². The van der Waals surface area contributed by atoms with E-state index in [2.05, 4.69) is 30.5 Å². The number of aromatic amines is 1. The maximum atomic E-state index is 6.01. The van der Waals surface area contributed by atoms with Crippen LogP contribution in [0, 0.1) is 0 Å². The highest BCUT2D eigenvalue weighted by Gasteiger charge is 2.14. The Labute approximate surface area is 123 Å². The third-order valence-corrected chi connectivity index (χ3v) is 3.26. The monoisotopic (exact) mass is 310 g/mol. The summed E-state index contributed by atoms with van der Waals surface area (Å²) < 4.78 is 5.60. The molecule has 0 spiro atoms. The number of hydrogen-bond acceptors (Lipinski definition) is 6. The molecule has 3 heterocycles. The maximum absolute atomic E-state index is 6.01. The number of nitrogens with one attached hydrogen (secondary N) is 2. The molecule has 102 valence electrons. The molecule has 0 atom stereocenters. The number of hydrogen-bond donors (Lipinski definition) is 2. The molecule has 3 aromatic rings. The smallest absolute Gasteiger partial charge is 0.266 e. The predicted octanol–water partition coefficient (Wildman–Crippen LogP) is 2.89. The maximum Gasteiger partial charge on any atom is 0.266 e. The van der Waals surface area contributed by atoms with Gasteiger partial charge in [-0.15, -0.1) is 5.10 Å². The van der Waals surface area contributed by atoms with E-state index in [4.69, 9.17) is 27.9 Å². The molecule has 9 heteroatoms. The first-order valence-electron chi connectivity index (χ1n) is 5.55. The van der Waals surface area contributed by atoms with E-state index in [0.717, 1.165) is 0 Å². The summed E-state index contributed by atoms with van der Waals surface area (Å²) in [4.78, 5) is 12.3. The van der Waals surface area contributed by atoms with E-state index in [9.17, 15) is 0 Å². The molecule has 0 saturated carbocycles. The van der Waals surface area contributed by atoms with Crippen LogP contribution in [0.1, 0.15) is 0 Å². The second-order valence-electron chi connectivity index (χ2n) is 3.75. The molecule has 0 aliphatic heterocycles. The second kappa shape index (κ2) is 5.10. The van der Waals surface area contributed by atoms with E-state index in [1.807, 2.05) is 0 Å². The van der Waals surface area contributed by atoms with Gasteiger partial charge in [-0.1, -0.05) is 23.2 Å². The van der Waals surface area contributed by atoms with E-state index < -0.39 is 0 Å². The van der Waals surface area contributed by atoms with Crippen molar-refractivity contribution in [2.24, 2.45) is 0 Å². The SMILES string of the molecule is CNc1cnc2c(Oc3ccnc(Cl)c3Cl)n[nH]c2n1. The van der Waals surface area contributed by atoms with Crippen molar-refractivity contribution in [1.82, 2.24) is 25.1 Å². The molecule has 20 heavy (non-hydrogen) atoms. The fourth-order valence-corrected chi connectivity index (χ4v) is 1.86. The molecule has 0 aromatic carbocycles. The zero-order valence-corrected chi connectivity index (χ0v) is 11.7. The number of anilines is 1. The summed E-state index contributed by atoms with van der Waals surface area (Å²) in [7, 11) is 1.75. The molecular weight excluding hydrogens is 303 g/mol. The Balaban J connectivity index is 2.01. The Kier molecular flexibility index (Phi) is 3.29. The van der Waals surface area contributed by atoms with Gasteiger partial charge in [-0.25, -0.2) is 15.0 Å². The van der Waals surface area contributed by atoms with E-state index in [0.29, 0.717) is 22.7 Å². The predicted molar refractivity (Wildman–Crippen MR) is 75.6 cm³/mol. The Morgan fingerprint density at radius 2 is 2.15 bits per heavy atom. The quantitative estimate of drug-likeness (QED) is 0.723. The highest BCUT2D eigenvalue weighted by atomic mass is 35.5. The van der Waals surface area contributed by atoms with Gasteiger partial charge in [0.25, 0.3) is 5.88 Å². The summed E-state index contributed by atoms with van der Waals surface area (Å²) in [5.74, 6) is 1.23. The molecule has 0 radical (unpaired) electrons. The number of rotatable bonds is 3. The van der Waals surface area contributed by atoms with Crippen molar-refractivity contribution < 1.29 is 4.74 Å². The average Bonchev–Trinajstić information content (AvgIpc) is 2.86. The van der Waals surface area contributed by atoms with Crippen LogP contribution < -0.4 is 10.1 Å². The molecule has 0 unspecified atom stereocenters. The lowest BCUT2D eigenvalue weighted by Crippen LogP contribution is -1.93. The lowest BCUT2D eigenvalue weighted by molar-refractivity contribution is 0.465. The Morgan fingerprint density at radius 3 is 2.95 bits per heavy atom. The Morgan fingerprint density at radius 1 is 1.30 bits per heavy atom. The summed E-state index contributed by atoms with van der Waals surface area (Å²) >= 11 is 11.8. The zero-order chi connectivity index (χ0) is 14.1. The van der Waals surface area contributed by atoms with Crippen LogP contribution in [0.3, 0.4) is 0 Å². The van der Waals surface area contributed by atoms with Crippen LogP contribution in [-0.2, 0) is 0 Å². The molecule has 0 aliphatic rings. The summed E-state index contributed by atoms with van der Waals surface area (Å²) in [6, 6.07) is 1.59. The largest absolute Gasteiger partial charge is 0.434 e. The molecule has 3 aromatic heterocycles. The minimum atomic E-state index is 0.160. The van der Waals surface area contributed by atoms with E-state index >= 15 is 0 Å². The lowest BCUT2D eigenvalue weighted by Gasteiger charge is -2.05. The number of halogens is 2. The standard InChI is InChI=1S/C11H8Cl2N6O/c1-14-6-4-16-8-10(17-6)18-19-11(8)20-5-2-3-15-9(13)7(5)12/h2-4H,1H3,(H2,14,17,18,19). The van der Waals surface area contributed by atoms with E-state index in [1.54, 1.807) is 19.3 Å². The first-order chi connectivity index (χ1) is 9.69. The Hall–Kier alpha value is -2.12. The van der Waals surface area contributed by atoms with Crippen molar-refractivity contribution in [1.29, 1.82) is 0 Å². The number of ether oxygens (including phenoxy) is 1. The van der Waals surface area contributed by atoms with E-state index in [1.165, 1.54) is 6.20 Å². The van der Waals surface area contributed by atoms with Crippen LogP contribution in [0.15, 0.2) is 18.5 Å².